The van der Waals surface area contributed by atoms with Crippen molar-refractivity contribution >= 4 is 28.1 Å². The highest BCUT2D eigenvalue weighted by Gasteiger charge is 2.37. The zero-order valence-corrected chi connectivity index (χ0v) is 22.7. The summed E-state index contributed by atoms with van der Waals surface area (Å²) in [6.45, 7) is 3.19. The molecule has 0 amide bonds. The molecule has 7 rings (SSSR count). The normalized spacial score (nSPS) is 27.2. The molecule has 1 aromatic heterocycles. The van der Waals surface area contributed by atoms with E-state index in [-0.39, 0.29) is 10.8 Å². The average Bonchev–Trinajstić information content (AvgIpc) is 3.51. The molecule has 5 heterocycles. The number of nitrogens with one attached hydrogen (secondary N) is 1. The number of nitrogens with zero attached hydrogens (tertiary/aromatic N) is 4. The van der Waals surface area contributed by atoms with Gasteiger partial charge in [0.15, 0.2) is 0 Å². The number of rotatable bonds is 5. The first-order valence-corrected chi connectivity index (χ1v) is 14.5. The maximum atomic E-state index is 14.5. The number of aromatic nitrogens is 2. The van der Waals surface area contributed by atoms with Gasteiger partial charge in [0, 0.05) is 41.7 Å². The number of piperidine rings is 1. The molecule has 0 unspecified atom stereocenters. The van der Waals surface area contributed by atoms with Crippen LogP contribution in [0.4, 0.5) is 10.1 Å². The summed E-state index contributed by atoms with van der Waals surface area (Å²) in [6, 6.07) is 11.4. The highest BCUT2D eigenvalue weighted by atomic mass is 35.5. The second-order valence-electron chi connectivity index (χ2n) is 11.6. The molecule has 200 valence electrons. The summed E-state index contributed by atoms with van der Waals surface area (Å²) in [5.41, 5.74) is 4.47. The molecule has 0 saturated carbocycles. The van der Waals surface area contributed by atoms with Crippen LogP contribution in [-0.4, -0.2) is 59.7 Å². The van der Waals surface area contributed by atoms with Gasteiger partial charge in [-0.3, -0.25) is 0 Å². The van der Waals surface area contributed by atoms with E-state index in [1.807, 2.05) is 18.2 Å². The number of fused-ring (bicyclic) bond motifs is 4. The van der Waals surface area contributed by atoms with Crippen LogP contribution in [0.3, 0.4) is 0 Å². The van der Waals surface area contributed by atoms with Gasteiger partial charge in [0.2, 0.25) is 0 Å². The fraction of sp³-hybridized carbons (Fsp3) is 0.533. The summed E-state index contributed by atoms with van der Waals surface area (Å²) in [7, 11) is 2.17. The van der Waals surface area contributed by atoms with Crippen molar-refractivity contribution in [1.82, 2.24) is 20.2 Å². The lowest BCUT2D eigenvalue weighted by molar-refractivity contribution is 0.186. The summed E-state index contributed by atoms with van der Waals surface area (Å²) in [6.07, 6.45) is 8.01. The second-order valence-corrected chi connectivity index (χ2v) is 12.0. The molecule has 3 aromatic rings. The fourth-order valence-electron chi connectivity index (χ4n) is 7.24. The Morgan fingerprint density at radius 2 is 1.92 bits per heavy atom. The summed E-state index contributed by atoms with van der Waals surface area (Å²) in [4.78, 5) is 14.7. The maximum Gasteiger partial charge on any atom is 0.316 e. The molecule has 6 nitrogen and oxygen atoms in total. The molecule has 2 aromatic carbocycles. The van der Waals surface area contributed by atoms with Crippen molar-refractivity contribution in [3.05, 3.63) is 58.1 Å². The molecular formula is C30H35ClFN5O. The zero-order valence-electron chi connectivity index (χ0n) is 21.9. The molecule has 0 aliphatic carbocycles. The van der Waals surface area contributed by atoms with Crippen LogP contribution in [0.25, 0.3) is 10.8 Å². The number of hydrogen-bond acceptors (Lipinski definition) is 6. The van der Waals surface area contributed by atoms with Gasteiger partial charge in [-0.15, -0.1) is 0 Å². The van der Waals surface area contributed by atoms with E-state index in [1.54, 1.807) is 6.07 Å². The first-order valence-electron chi connectivity index (χ1n) is 14.1. The molecule has 3 saturated heterocycles. The smallest absolute Gasteiger partial charge is 0.316 e. The van der Waals surface area contributed by atoms with Crippen molar-refractivity contribution in [3.63, 3.8) is 0 Å². The second kappa shape index (κ2) is 9.92. The zero-order chi connectivity index (χ0) is 25.8. The van der Waals surface area contributed by atoms with E-state index >= 15 is 0 Å². The van der Waals surface area contributed by atoms with E-state index in [9.17, 15) is 4.39 Å². The number of halogens is 2. The Morgan fingerprint density at radius 3 is 2.71 bits per heavy atom. The van der Waals surface area contributed by atoms with E-state index in [0.29, 0.717) is 43.2 Å². The van der Waals surface area contributed by atoms with Gasteiger partial charge in [0.05, 0.1) is 23.0 Å². The van der Waals surface area contributed by atoms with Crippen molar-refractivity contribution in [2.24, 2.45) is 0 Å². The number of ether oxygens (including phenoxy) is 1. The third kappa shape index (κ3) is 4.42. The highest BCUT2D eigenvalue weighted by Crippen LogP contribution is 2.41. The van der Waals surface area contributed by atoms with Crippen molar-refractivity contribution in [2.45, 2.75) is 75.5 Å². The van der Waals surface area contributed by atoms with Gasteiger partial charge in [-0.1, -0.05) is 29.8 Å². The van der Waals surface area contributed by atoms with Gasteiger partial charge in [0.25, 0.3) is 0 Å². The van der Waals surface area contributed by atoms with Crippen LogP contribution in [-0.2, 0) is 13.0 Å². The van der Waals surface area contributed by atoms with Crippen LogP contribution >= 0.6 is 11.6 Å². The SMILES string of the molecule is CN1CCC[C@H]1COc1nc2c(c([C@@H]3C[C@H]4CC[C@@H](C3)N4)n1)CCN(c1cccc3ccc(F)c(Cl)c13)C2. The predicted molar refractivity (Wildman–Crippen MR) is 149 cm³/mol. The van der Waals surface area contributed by atoms with Crippen LogP contribution in [0.15, 0.2) is 30.3 Å². The molecule has 4 aliphatic heterocycles. The monoisotopic (exact) mass is 535 g/mol. The van der Waals surface area contributed by atoms with Gasteiger partial charge in [0.1, 0.15) is 12.4 Å². The standard InChI is InChI=1S/C30H35ClFN5O/c1-36-12-3-5-22(36)17-38-30-34-25-16-37(26-6-2-4-18-7-10-24(32)28(31)27(18)26)13-11-23(25)29(35-30)19-14-20-8-9-21(15-19)33-20/h2,4,6-7,10,19-22,33H,3,5,8-9,11-17H2,1H3/t19-,20-,21+,22-/m0/s1. The lowest BCUT2D eigenvalue weighted by atomic mass is 9.85. The average molecular weight is 536 g/mol. The van der Waals surface area contributed by atoms with Gasteiger partial charge in [-0.25, -0.2) is 4.39 Å². The molecule has 38 heavy (non-hydrogen) atoms. The Kier molecular flexibility index (Phi) is 6.41. The highest BCUT2D eigenvalue weighted by molar-refractivity contribution is 6.36. The van der Waals surface area contributed by atoms with Crippen LogP contribution in [0, 0.1) is 5.82 Å². The summed E-state index contributed by atoms with van der Waals surface area (Å²) >= 11 is 6.49. The molecule has 1 N–H and O–H groups in total. The first kappa shape index (κ1) is 24.6. The summed E-state index contributed by atoms with van der Waals surface area (Å²) in [5, 5.41) is 5.67. The Labute approximate surface area is 228 Å². The lowest BCUT2D eigenvalue weighted by Crippen LogP contribution is -2.39. The van der Waals surface area contributed by atoms with Crippen LogP contribution in [0.2, 0.25) is 5.02 Å². The Morgan fingerprint density at radius 1 is 1.08 bits per heavy atom. The molecule has 0 spiro atoms. The Bertz CT molecular complexity index is 1360. The summed E-state index contributed by atoms with van der Waals surface area (Å²) in [5.74, 6) is 0.0522. The number of benzene rings is 2. The number of likely N-dealkylation sites (tertiary alicyclic amines) is 1. The molecule has 0 radical (unpaired) electrons. The van der Waals surface area contributed by atoms with Crippen LogP contribution < -0.4 is 15.0 Å². The molecule has 3 fully saturated rings. The van der Waals surface area contributed by atoms with Crippen LogP contribution in [0.5, 0.6) is 6.01 Å². The van der Waals surface area contributed by atoms with Crippen molar-refractivity contribution < 1.29 is 9.13 Å². The number of likely N-dealkylation sites (N-methyl/N-ethyl adjacent to an activating group) is 1. The topological polar surface area (TPSA) is 53.5 Å². The van der Waals surface area contributed by atoms with Gasteiger partial charge in [-0.2, -0.15) is 9.97 Å². The molecular weight excluding hydrogens is 501 g/mol. The Balaban J connectivity index is 1.24. The van der Waals surface area contributed by atoms with Gasteiger partial charge >= 0.3 is 6.01 Å². The quantitative estimate of drug-likeness (QED) is 0.468. The van der Waals surface area contributed by atoms with Gasteiger partial charge in [-0.05, 0) is 81.6 Å². The Hall–Kier alpha value is -2.48. The van der Waals surface area contributed by atoms with E-state index in [0.717, 1.165) is 60.9 Å². The van der Waals surface area contributed by atoms with Crippen LogP contribution in [0.1, 0.15) is 61.4 Å². The first-order chi connectivity index (χ1) is 18.5. The predicted octanol–water partition coefficient (Wildman–Crippen LogP) is 5.46. The van der Waals surface area contributed by atoms with E-state index in [1.165, 1.54) is 36.6 Å². The maximum absolute atomic E-state index is 14.5. The minimum Gasteiger partial charge on any atom is -0.462 e. The van der Waals surface area contributed by atoms with Crippen molar-refractivity contribution in [2.75, 3.05) is 31.6 Å². The summed E-state index contributed by atoms with van der Waals surface area (Å²) < 4.78 is 20.8. The van der Waals surface area contributed by atoms with Crippen molar-refractivity contribution in [3.8, 4) is 6.01 Å². The largest absolute Gasteiger partial charge is 0.462 e. The third-order valence-electron chi connectivity index (χ3n) is 9.27. The number of anilines is 1. The lowest BCUT2D eigenvalue weighted by Gasteiger charge is -2.35. The minimum atomic E-state index is -0.387. The molecule has 4 aliphatic rings. The van der Waals surface area contributed by atoms with E-state index < -0.39 is 0 Å². The van der Waals surface area contributed by atoms with Crippen molar-refractivity contribution in [1.29, 1.82) is 0 Å². The number of hydrogen-bond donors (Lipinski definition) is 1. The van der Waals surface area contributed by atoms with Gasteiger partial charge < -0.3 is 19.9 Å². The van der Waals surface area contributed by atoms with E-state index in [4.69, 9.17) is 26.3 Å². The molecule has 8 heteroatoms. The molecule has 2 bridgehead atoms. The minimum absolute atomic E-state index is 0.183. The molecule has 4 atom stereocenters. The van der Waals surface area contributed by atoms with E-state index in [2.05, 4.69) is 22.2 Å². The third-order valence-corrected chi connectivity index (χ3v) is 9.64. The fourth-order valence-corrected chi connectivity index (χ4v) is 7.51.